The number of hydrogen-bond donors (Lipinski definition) is 1. The fourth-order valence-electron chi connectivity index (χ4n) is 3.24. The zero-order chi connectivity index (χ0) is 15.5. The number of carbonyl (C=O) groups is 2. The minimum absolute atomic E-state index is 0.0417. The Labute approximate surface area is 128 Å². The Balaban J connectivity index is 1.62. The van der Waals surface area contributed by atoms with E-state index in [9.17, 15) is 9.59 Å². The second-order valence-corrected chi connectivity index (χ2v) is 5.98. The molecule has 0 bridgehead atoms. The number of anilines is 1. The Morgan fingerprint density at radius 3 is 2.77 bits per heavy atom. The highest BCUT2D eigenvalue weighted by atomic mass is 16.4. The van der Waals surface area contributed by atoms with Crippen LogP contribution in [0.3, 0.4) is 0 Å². The van der Waals surface area contributed by atoms with Crippen molar-refractivity contribution < 1.29 is 14.7 Å². The number of carbonyl (C=O) groups excluding carboxylic acids is 1. The first-order valence-electron chi connectivity index (χ1n) is 7.73. The summed E-state index contributed by atoms with van der Waals surface area (Å²) in [5, 5.41) is 16.6. The largest absolute Gasteiger partial charge is 0.476 e. The predicted octanol–water partition coefficient (Wildman–Crippen LogP) is 1.01. The van der Waals surface area contributed by atoms with Crippen molar-refractivity contribution in [1.82, 2.24) is 15.1 Å². The molecule has 2 fully saturated rings. The van der Waals surface area contributed by atoms with Crippen molar-refractivity contribution in [3.05, 3.63) is 17.8 Å². The number of carboxylic acids is 1. The molecule has 3 rings (SSSR count). The van der Waals surface area contributed by atoms with E-state index in [2.05, 4.69) is 15.1 Å². The highest BCUT2D eigenvalue weighted by Crippen LogP contribution is 2.23. The van der Waals surface area contributed by atoms with Gasteiger partial charge in [-0.25, -0.2) is 4.79 Å². The van der Waals surface area contributed by atoms with Gasteiger partial charge in [0.05, 0.1) is 0 Å². The van der Waals surface area contributed by atoms with Crippen LogP contribution in [0.4, 0.5) is 5.82 Å². The van der Waals surface area contributed by atoms with E-state index < -0.39 is 5.97 Å². The van der Waals surface area contributed by atoms with E-state index in [-0.39, 0.29) is 11.6 Å². The summed E-state index contributed by atoms with van der Waals surface area (Å²) in [5.41, 5.74) is -0.0417. The summed E-state index contributed by atoms with van der Waals surface area (Å²) in [6.07, 6.45) is 3.81. The van der Waals surface area contributed by atoms with Gasteiger partial charge in [-0.3, -0.25) is 4.79 Å². The van der Waals surface area contributed by atoms with E-state index in [1.165, 1.54) is 6.07 Å². The molecule has 0 aliphatic carbocycles. The van der Waals surface area contributed by atoms with Crippen molar-refractivity contribution in [3.8, 4) is 0 Å². The summed E-state index contributed by atoms with van der Waals surface area (Å²) in [7, 11) is 0. The molecule has 118 valence electrons. The predicted molar refractivity (Wildman–Crippen MR) is 79.7 cm³/mol. The Morgan fingerprint density at radius 1 is 1.27 bits per heavy atom. The smallest absolute Gasteiger partial charge is 0.356 e. The summed E-state index contributed by atoms with van der Waals surface area (Å²) in [4.78, 5) is 26.6. The molecule has 2 saturated heterocycles. The average Bonchev–Trinajstić information content (AvgIpc) is 2.93. The van der Waals surface area contributed by atoms with Crippen LogP contribution < -0.4 is 4.90 Å². The van der Waals surface area contributed by atoms with Gasteiger partial charge in [0.2, 0.25) is 5.91 Å². The van der Waals surface area contributed by atoms with Crippen LogP contribution in [-0.2, 0) is 4.79 Å². The van der Waals surface area contributed by atoms with Crippen molar-refractivity contribution >= 4 is 17.7 Å². The molecule has 7 nitrogen and oxygen atoms in total. The minimum Gasteiger partial charge on any atom is -0.476 e. The molecular formula is C15H20N4O3. The Bertz CT molecular complexity index is 560. The lowest BCUT2D eigenvalue weighted by atomic mass is 9.97. The Kier molecular flexibility index (Phi) is 4.22. The van der Waals surface area contributed by atoms with Crippen molar-refractivity contribution in [2.75, 3.05) is 31.1 Å². The fraction of sp³-hybridized carbons (Fsp3) is 0.600. The second kappa shape index (κ2) is 6.29. The first kappa shape index (κ1) is 14.7. The third-order valence-electron chi connectivity index (χ3n) is 4.36. The maximum absolute atomic E-state index is 11.7. The average molecular weight is 304 g/mol. The molecule has 1 aromatic rings. The Morgan fingerprint density at radius 2 is 2.14 bits per heavy atom. The number of rotatable bonds is 4. The molecule has 2 aliphatic rings. The molecule has 1 aromatic heterocycles. The standard InChI is InChI=1S/C15H20N4O3/c20-14-4-2-8-19(14)10-11-3-1-7-18(9-11)13-6-5-12(15(21)22)16-17-13/h5-6,11H,1-4,7-10H2,(H,21,22). The maximum atomic E-state index is 11.7. The zero-order valence-corrected chi connectivity index (χ0v) is 12.4. The lowest BCUT2D eigenvalue weighted by Gasteiger charge is -2.35. The van der Waals surface area contributed by atoms with Crippen LogP contribution in [0.2, 0.25) is 0 Å². The van der Waals surface area contributed by atoms with Gasteiger partial charge in [-0.15, -0.1) is 10.2 Å². The van der Waals surface area contributed by atoms with Crippen LogP contribution in [0.15, 0.2) is 12.1 Å². The van der Waals surface area contributed by atoms with Crippen molar-refractivity contribution in [1.29, 1.82) is 0 Å². The first-order valence-corrected chi connectivity index (χ1v) is 7.73. The molecule has 0 spiro atoms. The highest BCUT2D eigenvalue weighted by molar-refractivity contribution is 5.85. The summed E-state index contributed by atoms with van der Waals surface area (Å²) in [5.74, 6) is 0.352. The van der Waals surface area contributed by atoms with E-state index in [0.717, 1.165) is 45.4 Å². The Hall–Kier alpha value is -2.18. The van der Waals surface area contributed by atoms with E-state index in [1.54, 1.807) is 6.07 Å². The van der Waals surface area contributed by atoms with Crippen LogP contribution in [0.1, 0.15) is 36.2 Å². The molecule has 7 heteroatoms. The van der Waals surface area contributed by atoms with Crippen molar-refractivity contribution in [2.24, 2.45) is 5.92 Å². The zero-order valence-electron chi connectivity index (χ0n) is 12.4. The monoisotopic (exact) mass is 304 g/mol. The molecule has 2 aliphatic heterocycles. The van der Waals surface area contributed by atoms with Crippen LogP contribution in [-0.4, -0.2) is 58.3 Å². The van der Waals surface area contributed by atoms with E-state index in [0.29, 0.717) is 18.2 Å². The van der Waals surface area contributed by atoms with Crippen LogP contribution in [0.5, 0.6) is 0 Å². The number of hydrogen-bond acceptors (Lipinski definition) is 5. The van der Waals surface area contributed by atoms with Crippen molar-refractivity contribution in [3.63, 3.8) is 0 Å². The number of aromatic carboxylic acids is 1. The summed E-state index contributed by atoms with van der Waals surface area (Å²) in [6.45, 7) is 3.43. The summed E-state index contributed by atoms with van der Waals surface area (Å²) >= 11 is 0. The van der Waals surface area contributed by atoms with Gasteiger partial charge in [0.25, 0.3) is 0 Å². The van der Waals surface area contributed by atoms with Gasteiger partial charge in [-0.05, 0) is 37.3 Å². The van der Waals surface area contributed by atoms with Gasteiger partial charge >= 0.3 is 5.97 Å². The molecule has 3 heterocycles. The van der Waals surface area contributed by atoms with Crippen LogP contribution in [0.25, 0.3) is 0 Å². The van der Waals surface area contributed by atoms with Gasteiger partial charge in [0.15, 0.2) is 11.5 Å². The number of aromatic nitrogens is 2. The summed E-state index contributed by atoms with van der Waals surface area (Å²) < 4.78 is 0. The normalized spacial score (nSPS) is 22.2. The fourth-order valence-corrected chi connectivity index (χ4v) is 3.24. The van der Waals surface area contributed by atoms with Crippen molar-refractivity contribution in [2.45, 2.75) is 25.7 Å². The molecule has 1 atom stereocenters. The molecule has 1 amide bonds. The van der Waals surface area contributed by atoms with E-state index >= 15 is 0 Å². The number of piperidine rings is 1. The molecule has 1 unspecified atom stereocenters. The highest BCUT2D eigenvalue weighted by Gasteiger charge is 2.27. The third-order valence-corrected chi connectivity index (χ3v) is 4.36. The van der Waals surface area contributed by atoms with E-state index in [4.69, 9.17) is 5.11 Å². The van der Waals surface area contributed by atoms with Gasteiger partial charge in [0, 0.05) is 32.6 Å². The minimum atomic E-state index is -1.07. The maximum Gasteiger partial charge on any atom is 0.356 e. The number of likely N-dealkylation sites (tertiary alicyclic amines) is 1. The number of amides is 1. The van der Waals surface area contributed by atoms with E-state index in [1.807, 2.05) is 4.90 Å². The van der Waals surface area contributed by atoms with Gasteiger partial charge in [-0.1, -0.05) is 0 Å². The van der Waals surface area contributed by atoms with Gasteiger partial charge in [0.1, 0.15) is 0 Å². The van der Waals surface area contributed by atoms with Gasteiger partial charge < -0.3 is 14.9 Å². The van der Waals surface area contributed by atoms with Crippen LogP contribution in [0, 0.1) is 5.92 Å². The topological polar surface area (TPSA) is 86.6 Å². The molecule has 0 aromatic carbocycles. The molecule has 22 heavy (non-hydrogen) atoms. The summed E-state index contributed by atoms with van der Waals surface area (Å²) in [6, 6.07) is 3.19. The SMILES string of the molecule is O=C(O)c1ccc(N2CCCC(CN3CCCC3=O)C2)nn1. The number of nitrogens with zero attached hydrogens (tertiary/aromatic N) is 4. The van der Waals surface area contributed by atoms with Crippen LogP contribution >= 0.6 is 0 Å². The molecule has 0 radical (unpaired) electrons. The lowest BCUT2D eigenvalue weighted by Crippen LogP contribution is -2.41. The van der Waals surface area contributed by atoms with Gasteiger partial charge in [-0.2, -0.15) is 0 Å². The lowest BCUT2D eigenvalue weighted by molar-refractivity contribution is -0.128. The molecular weight excluding hydrogens is 284 g/mol. The quantitative estimate of drug-likeness (QED) is 0.893. The third kappa shape index (κ3) is 3.18. The number of carboxylic acid groups (broad SMARTS) is 1. The molecule has 1 N–H and O–H groups in total. The first-order chi connectivity index (χ1) is 10.6. The molecule has 0 saturated carbocycles. The second-order valence-electron chi connectivity index (χ2n) is 5.98.